The third-order valence-corrected chi connectivity index (χ3v) is 5.22. The van der Waals surface area contributed by atoms with E-state index in [0.29, 0.717) is 12.5 Å². The Kier molecular flexibility index (Phi) is 9.25. The number of hydrogen-bond acceptors (Lipinski definition) is 3. The molecule has 1 heterocycles. The van der Waals surface area contributed by atoms with Crippen molar-refractivity contribution >= 4 is 41.7 Å². The van der Waals surface area contributed by atoms with Crippen molar-refractivity contribution in [2.24, 2.45) is 0 Å². The summed E-state index contributed by atoms with van der Waals surface area (Å²) in [5.41, 5.74) is 0. The van der Waals surface area contributed by atoms with Crippen molar-refractivity contribution in [1.82, 2.24) is 10.2 Å². The maximum absolute atomic E-state index is 12.2. The molecule has 0 atom stereocenters. The van der Waals surface area contributed by atoms with Crippen molar-refractivity contribution < 1.29 is 4.79 Å². The van der Waals surface area contributed by atoms with Crippen LogP contribution in [0.3, 0.4) is 0 Å². The Balaban J connectivity index is 0.00000242. The van der Waals surface area contributed by atoms with Crippen molar-refractivity contribution in [1.29, 1.82) is 0 Å². The normalized spacial score (nSPS) is 15.2. The molecule has 1 aliphatic rings. The summed E-state index contributed by atoms with van der Waals surface area (Å²) in [5, 5.41) is 4.09. The van der Waals surface area contributed by atoms with E-state index in [1.165, 1.54) is 4.90 Å². The zero-order valence-corrected chi connectivity index (χ0v) is 15.3. The first-order valence-corrected chi connectivity index (χ1v) is 8.88. The number of thioether (sulfide) groups is 1. The standard InChI is InChI=1S/C16H23ClN2OS.ClH/c1-19(14-8-10-18-11-9-14)16(20)3-2-12-21-15-6-4-13(17)5-7-15;/h4-7,14,18H,2-3,8-12H2,1H3;1H. The minimum absolute atomic E-state index is 0. The minimum Gasteiger partial charge on any atom is -0.343 e. The average Bonchev–Trinajstić information content (AvgIpc) is 2.53. The second-order valence-electron chi connectivity index (χ2n) is 5.39. The molecule has 0 saturated carbocycles. The maximum atomic E-state index is 12.2. The number of hydrogen-bond donors (Lipinski definition) is 1. The second kappa shape index (κ2) is 10.4. The fourth-order valence-corrected chi connectivity index (χ4v) is 3.50. The van der Waals surface area contributed by atoms with Gasteiger partial charge in [-0.15, -0.1) is 24.2 Å². The summed E-state index contributed by atoms with van der Waals surface area (Å²) in [5.74, 6) is 1.24. The Morgan fingerprint density at radius 1 is 1.32 bits per heavy atom. The molecular weight excluding hydrogens is 339 g/mol. The van der Waals surface area contributed by atoms with E-state index in [-0.39, 0.29) is 18.3 Å². The van der Waals surface area contributed by atoms with Crippen molar-refractivity contribution in [2.75, 3.05) is 25.9 Å². The van der Waals surface area contributed by atoms with Gasteiger partial charge in [0, 0.05) is 29.4 Å². The summed E-state index contributed by atoms with van der Waals surface area (Å²) >= 11 is 7.64. The van der Waals surface area contributed by atoms with Crippen LogP contribution in [-0.2, 0) is 4.79 Å². The molecule has 1 N–H and O–H groups in total. The van der Waals surface area contributed by atoms with E-state index in [9.17, 15) is 4.79 Å². The SMILES string of the molecule is CN(C(=O)CCCSc1ccc(Cl)cc1)C1CCNCC1.Cl. The van der Waals surface area contributed by atoms with E-state index in [1.807, 2.05) is 36.2 Å². The highest BCUT2D eigenvalue weighted by Crippen LogP contribution is 2.21. The zero-order valence-electron chi connectivity index (χ0n) is 12.9. The molecule has 0 bridgehead atoms. The zero-order chi connectivity index (χ0) is 15.1. The van der Waals surface area contributed by atoms with Crippen LogP contribution in [0.4, 0.5) is 0 Å². The molecule has 2 rings (SSSR count). The van der Waals surface area contributed by atoms with E-state index in [1.54, 1.807) is 11.8 Å². The molecular formula is C16H24Cl2N2OS. The van der Waals surface area contributed by atoms with Gasteiger partial charge in [-0.2, -0.15) is 0 Å². The lowest BCUT2D eigenvalue weighted by Crippen LogP contribution is -2.43. The summed E-state index contributed by atoms with van der Waals surface area (Å²) in [6, 6.07) is 8.27. The quantitative estimate of drug-likeness (QED) is 0.616. The molecule has 0 spiro atoms. The first-order valence-electron chi connectivity index (χ1n) is 7.51. The summed E-state index contributed by atoms with van der Waals surface area (Å²) in [6.45, 7) is 2.05. The van der Waals surface area contributed by atoms with E-state index < -0.39 is 0 Å². The van der Waals surface area contributed by atoms with Crippen LogP contribution >= 0.6 is 35.8 Å². The number of piperidine rings is 1. The third kappa shape index (κ3) is 6.37. The first-order chi connectivity index (χ1) is 10.2. The highest BCUT2D eigenvalue weighted by molar-refractivity contribution is 7.99. The molecule has 1 aliphatic heterocycles. The molecule has 124 valence electrons. The average molecular weight is 363 g/mol. The van der Waals surface area contributed by atoms with Crippen LogP contribution in [0, 0.1) is 0 Å². The number of benzene rings is 1. The predicted octanol–water partition coefficient (Wildman–Crippen LogP) is 3.84. The number of rotatable bonds is 6. The van der Waals surface area contributed by atoms with Crippen LogP contribution in [0.15, 0.2) is 29.2 Å². The number of carbonyl (C=O) groups is 1. The van der Waals surface area contributed by atoms with Gasteiger partial charge in [0.25, 0.3) is 0 Å². The molecule has 0 radical (unpaired) electrons. The molecule has 6 heteroatoms. The van der Waals surface area contributed by atoms with Gasteiger partial charge >= 0.3 is 0 Å². The first kappa shape index (κ1) is 19.6. The van der Waals surface area contributed by atoms with Gasteiger partial charge in [0.15, 0.2) is 0 Å². The van der Waals surface area contributed by atoms with Gasteiger partial charge in [-0.25, -0.2) is 0 Å². The molecule has 3 nitrogen and oxygen atoms in total. The smallest absolute Gasteiger partial charge is 0.222 e. The number of amides is 1. The molecule has 1 aromatic rings. The topological polar surface area (TPSA) is 32.3 Å². The molecule has 0 aliphatic carbocycles. The largest absolute Gasteiger partial charge is 0.343 e. The summed E-state index contributed by atoms with van der Waals surface area (Å²) < 4.78 is 0. The highest BCUT2D eigenvalue weighted by atomic mass is 35.5. The van der Waals surface area contributed by atoms with Crippen molar-refractivity contribution in [3.63, 3.8) is 0 Å². The van der Waals surface area contributed by atoms with Crippen LogP contribution in [-0.4, -0.2) is 42.7 Å². The molecule has 1 saturated heterocycles. The molecule has 0 unspecified atom stereocenters. The number of nitrogens with one attached hydrogen (secondary N) is 1. The maximum Gasteiger partial charge on any atom is 0.222 e. The van der Waals surface area contributed by atoms with E-state index in [0.717, 1.165) is 43.1 Å². The number of halogens is 2. The predicted molar refractivity (Wildman–Crippen MR) is 97.3 cm³/mol. The van der Waals surface area contributed by atoms with Gasteiger partial charge in [0.05, 0.1) is 0 Å². The number of carbonyl (C=O) groups excluding carboxylic acids is 1. The lowest BCUT2D eigenvalue weighted by Gasteiger charge is -2.31. The van der Waals surface area contributed by atoms with E-state index >= 15 is 0 Å². The van der Waals surface area contributed by atoms with Crippen LogP contribution in [0.1, 0.15) is 25.7 Å². The van der Waals surface area contributed by atoms with Gasteiger partial charge in [-0.05, 0) is 62.4 Å². The van der Waals surface area contributed by atoms with Crippen molar-refractivity contribution in [3.8, 4) is 0 Å². The monoisotopic (exact) mass is 362 g/mol. The van der Waals surface area contributed by atoms with Crippen LogP contribution < -0.4 is 5.32 Å². The van der Waals surface area contributed by atoms with Crippen LogP contribution in [0.25, 0.3) is 0 Å². The number of nitrogens with zero attached hydrogens (tertiary/aromatic N) is 1. The van der Waals surface area contributed by atoms with E-state index in [2.05, 4.69) is 5.32 Å². The van der Waals surface area contributed by atoms with Gasteiger partial charge in [0.2, 0.25) is 5.91 Å². The Hall–Kier alpha value is -0.420. The van der Waals surface area contributed by atoms with E-state index in [4.69, 9.17) is 11.6 Å². The van der Waals surface area contributed by atoms with Gasteiger partial charge in [0.1, 0.15) is 0 Å². The van der Waals surface area contributed by atoms with Gasteiger partial charge < -0.3 is 10.2 Å². The van der Waals surface area contributed by atoms with Crippen LogP contribution in [0.2, 0.25) is 5.02 Å². The lowest BCUT2D eigenvalue weighted by atomic mass is 10.0. The fourth-order valence-electron chi connectivity index (χ4n) is 2.52. The molecule has 1 amide bonds. The summed E-state index contributed by atoms with van der Waals surface area (Å²) in [4.78, 5) is 15.3. The van der Waals surface area contributed by atoms with Crippen molar-refractivity contribution in [3.05, 3.63) is 29.3 Å². The van der Waals surface area contributed by atoms with Gasteiger partial charge in [-0.1, -0.05) is 11.6 Å². The Morgan fingerprint density at radius 3 is 2.59 bits per heavy atom. The Bertz CT molecular complexity index is 450. The Morgan fingerprint density at radius 2 is 1.95 bits per heavy atom. The fraction of sp³-hybridized carbons (Fsp3) is 0.562. The third-order valence-electron chi connectivity index (χ3n) is 3.87. The molecule has 0 aromatic heterocycles. The Labute approximate surface area is 148 Å². The summed E-state index contributed by atoms with van der Waals surface area (Å²) in [6.07, 6.45) is 3.70. The summed E-state index contributed by atoms with van der Waals surface area (Å²) in [7, 11) is 1.95. The minimum atomic E-state index is 0. The molecule has 22 heavy (non-hydrogen) atoms. The second-order valence-corrected chi connectivity index (χ2v) is 7.00. The van der Waals surface area contributed by atoms with Crippen molar-refractivity contribution in [2.45, 2.75) is 36.6 Å². The van der Waals surface area contributed by atoms with Gasteiger partial charge in [-0.3, -0.25) is 4.79 Å². The molecule has 1 aromatic carbocycles. The van der Waals surface area contributed by atoms with Crippen LogP contribution in [0.5, 0.6) is 0 Å². The molecule has 1 fully saturated rings. The highest BCUT2D eigenvalue weighted by Gasteiger charge is 2.21. The lowest BCUT2D eigenvalue weighted by molar-refractivity contribution is -0.132.